The van der Waals surface area contributed by atoms with E-state index >= 15 is 0 Å². The van der Waals surface area contributed by atoms with E-state index in [9.17, 15) is 0 Å². The summed E-state index contributed by atoms with van der Waals surface area (Å²) < 4.78 is 6.95. The Balaban J connectivity index is 1.87. The lowest BCUT2D eigenvalue weighted by molar-refractivity contribution is 0.183. The molecule has 0 amide bonds. The van der Waals surface area contributed by atoms with Gasteiger partial charge in [0.2, 0.25) is 0 Å². The number of aromatic nitrogens is 2. The van der Waals surface area contributed by atoms with E-state index in [2.05, 4.69) is 23.5 Å². The van der Waals surface area contributed by atoms with Crippen LogP contribution >= 0.6 is 0 Å². The number of nitrogens with one attached hydrogen (secondary N) is 1. The SMILES string of the molecule is COCCn1cc(NC2CCCC2C)cn1. The Morgan fingerprint density at radius 1 is 1.56 bits per heavy atom. The van der Waals surface area contributed by atoms with E-state index in [0.29, 0.717) is 12.6 Å². The zero-order valence-electron chi connectivity index (χ0n) is 10.1. The Hall–Kier alpha value is -1.03. The molecule has 1 saturated carbocycles. The van der Waals surface area contributed by atoms with Gasteiger partial charge >= 0.3 is 0 Å². The van der Waals surface area contributed by atoms with Gasteiger partial charge < -0.3 is 10.1 Å². The Morgan fingerprint density at radius 2 is 2.44 bits per heavy atom. The Bertz CT molecular complexity index is 324. The van der Waals surface area contributed by atoms with E-state index in [0.717, 1.165) is 18.2 Å². The summed E-state index contributed by atoms with van der Waals surface area (Å²) in [4.78, 5) is 0. The highest BCUT2D eigenvalue weighted by molar-refractivity contribution is 5.39. The van der Waals surface area contributed by atoms with Crippen LogP contribution in [0.25, 0.3) is 0 Å². The van der Waals surface area contributed by atoms with Gasteiger partial charge in [0.05, 0.1) is 25.0 Å². The number of nitrogens with zero attached hydrogens (tertiary/aromatic N) is 2. The van der Waals surface area contributed by atoms with Crippen molar-refractivity contribution in [3.63, 3.8) is 0 Å². The van der Waals surface area contributed by atoms with Crippen molar-refractivity contribution in [1.82, 2.24) is 9.78 Å². The number of methoxy groups -OCH3 is 1. The molecular weight excluding hydrogens is 202 g/mol. The van der Waals surface area contributed by atoms with Crippen LogP contribution in [0.5, 0.6) is 0 Å². The minimum Gasteiger partial charge on any atom is -0.383 e. The van der Waals surface area contributed by atoms with Crippen LogP contribution in [0.2, 0.25) is 0 Å². The third-order valence-electron chi connectivity index (χ3n) is 3.37. The smallest absolute Gasteiger partial charge is 0.0728 e. The summed E-state index contributed by atoms with van der Waals surface area (Å²) in [6.45, 7) is 3.85. The molecule has 2 rings (SSSR count). The normalized spacial score (nSPS) is 24.9. The number of anilines is 1. The topological polar surface area (TPSA) is 39.1 Å². The van der Waals surface area contributed by atoms with E-state index in [1.165, 1.54) is 19.3 Å². The maximum atomic E-state index is 5.02. The monoisotopic (exact) mass is 223 g/mol. The molecular formula is C12H21N3O. The van der Waals surface area contributed by atoms with Gasteiger partial charge in [-0.1, -0.05) is 13.3 Å². The second kappa shape index (κ2) is 5.34. The molecule has 1 aromatic heterocycles. The van der Waals surface area contributed by atoms with Gasteiger partial charge in [0.25, 0.3) is 0 Å². The summed E-state index contributed by atoms with van der Waals surface area (Å²) in [6, 6.07) is 0.625. The third kappa shape index (κ3) is 2.76. The number of hydrogen-bond acceptors (Lipinski definition) is 3. The van der Waals surface area contributed by atoms with Gasteiger partial charge in [0.15, 0.2) is 0 Å². The van der Waals surface area contributed by atoms with Crippen LogP contribution in [0.3, 0.4) is 0 Å². The lowest BCUT2D eigenvalue weighted by Crippen LogP contribution is -2.21. The van der Waals surface area contributed by atoms with Gasteiger partial charge in [-0.15, -0.1) is 0 Å². The predicted octanol–water partition coefficient (Wildman–Crippen LogP) is 2.13. The molecule has 1 aliphatic rings. The summed E-state index contributed by atoms with van der Waals surface area (Å²) in [5.74, 6) is 0.780. The van der Waals surface area contributed by atoms with Crippen LogP contribution in [-0.2, 0) is 11.3 Å². The highest BCUT2D eigenvalue weighted by Crippen LogP contribution is 2.27. The van der Waals surface area contributed by atoms with Crippen LogP contribution in [-0.4, -0.2) is 29.5 Å². The largest absolute Gasteiger partial charge is 0.383 e. The van der Waals surface area contributed by atoms with E-state index in [4.69, 9.17) is 4.74 Å². The molecule has 1 aromatic rings. The summed E-state index contributed by atoms with van der Waals surface area (Å²) >= 11 is 0. The maximum Gasteiger partial charge on any atom is 0.0728 e. The highest BCUT2D eigenvalue weighted by atomic mass is 16.5. The lowest BCUT2D eigenvalue weighted by Gasteiger charge is -2.16. The molecule has 2 atom stereocenters. The van der Waals surface area contributed by atoms with Gasteiger partial charge in [-0.05, 0) is 18.8 Å². The molecule has 1 heterocycles. The molecule has 0 aromatic carbocycles. The fraction of sp³-hybridized carbons (Fsp3) is 0.750. The van der Waals surface area contributed by atoms with E-state index in [1.54, 1.807) is 7.11 Å². The zero-order chi connectivity index (χ0) is 11.4. The van der Waals surface area contributed by atoms with Crippen molar-refractivity contribution in [1.29, 1.82) is 0 Å². The van der Waals surface area contributed by atoms with Gasteiger partial charge in [-0.25, -0.2) is 0 Å². The quantitative estimate of drug-likeness (QED) is 0.831. The fourth-order valence-electron chi connectivity index (χ4n) is 2.32. The number of ether oxygens (including phenoxy) is 1. The van der Waals surface area contributed by atoms with Crippen molar-refractivity contribution >= 4 is 5.69 Å². The van der Waals surface area contributed by atoms with Crippen molar-refractivity contribution in [2.45, 2.75) is 38.8 Å². The first-order valence-electron chi connectivity index (χ1n) is 6.07. The number of rotatable bonds is 5. The number of hydrogen-bond donors (Lipinski definition) is 1. The van der Waals surface area contributed by atoms with Gasteiger partial charge in [-0.3, -0.25) is 4.68 Å². The summed E-state index contributed by atoms with van der Waals surface area (Å²) in [6.07, 6.45) is 7.93. The second-order valence-corrected chi connectivity index (χ2v) is 4.64. The Kier molecular flexibility index (Phi) is 3.83. The minimum absolute atomic E-state index is 0.625. The minimum atomic E-state index is 0.625. The molecule has 1 N–H and O–H groups in total. The molecule has 0 radical (unpaired) electrons. The molecule has 90 valence electrons. The fourth-order valence-corrected chi connectivity index (χ4v) is 2.32. The molecule has 0 spiro atoms. The van der Waals surface area contributed by atoms with Crippen LogP contribution in [0.1, 0.15) is 26.2 Å². The molecule has 0 saturated heterocycles. The van der Waals surface area contributed by atoms with Crippen molar-refractivity contribution in [2.24, 2.45) is 5.92 Å². The second-order valence-electron chi connectivity index (χ2n) is 4.64. The van der Waals surface area contributed by atoms with Crippen LogP contribution in [0.4, 0.5) is 5.69 Å². The van der Waals surface area contributed by atoms with E-state index < -0.39 is 0 Å². The maximum absolute atomic E-state index is 5.02. The van der Waals surface area contributed by atoms with E-state index in [1.807, 2.05) is 10.9 Å². The van der Waals surface area contributed by atoms with Crippen molar-refractivity contribution in [2.75, 3.05) is 19.0 Å². The average molecular weight is 223 g/mol. The first-order chi connectivity index (χ1) is 7.79. The first kappa shape index (κ1) is 11.5. The van der Waals surface area contributed by atoms with Crippen LogP contribution in [0, 0.1) is 5.92 Å². The zero-order valence-corrected chi connectivity index (χ0v) is 10.1. The molecule has 4 heteroatoms. The molecule has 1 fully saturated rings. The molecule has 16 heavy (non-hydrogen) atoms. The van der Waals surface area contributed by atoms with Gasteiger partial charge in [0, 0.05) is 19.3 Å². The third-order valence-corrected chi connectivity index (χ3v) is 3.37. The molecule has 0 bridgehead atoms. The molecule has 0 aliphatic heterocycles. The predicted molar refractivity (Wildman–Crippen MR) is 64.5 cm³/mol. The molecule has 4 nitrogen and oxygen atoms in total. The van der Waals surface area contributed by atoms with E-state index in [-0.39, 0.29) is 0 Å². The molecule has 1 aliphatic carbocycles. The average Bonchev–Trinajstić information content (AvgIpc) is 2.87. The van der Waals surface area contributed by atoms with Gasteiger partial charge in [-0.2, -0.15) is 5.10 Å². The van der Waals surface area contributed by atoms with Crippen molar-refractivity contribution in [3.8, 4) is 0 Å². The Morgan fingerprint density at radius 3 is 3.12 bits per heavy atom. The van der Waals surface area contributed by atoms with Crippen molar-refractivity contribution < 1.29 is 4.74 Å². The standard InChI is InChI=1S/C12H21N3O/c1-10-4-3-5-12(10)14-11-8-13-15(9-11)6-7-16-2/h8-10,12,14H,3-7H2,1-2H3. The summed E-state index contributed by atoms with van der Waals surface area (Å²) in [5, 5.41) is 7.86. The molecule has 2 unspecified atom stereocenters. The Labute approximate surface area is 97.0 Å². The first-order valence-corrected chi connectivity index (χ1v) is 6.07. The highest BCUT2D eigenvalue weighted by Gasteiger charge is 2.23. The van der Waals surface area contributed by atoms with Crippen LogP contribution < -0.4 is 5.32 Å². The summed E-state index contributed by atoms with van der Waals surface area (Å²) in [5.41, 5.74) is 1.13. The lowest BCUT2D eigenvalue weighted by atomic mass is 10.1. The van der Waals surface area contributed by atoms with Crippen molar-refractivity contribution in [3.05, 3.63) is 12.4 Å². The summed E-state index contributed by atoms with van der Waals surface area (Å²) in [7, 11) is 1.71. The van der Waals surface area contributed by atoms with Crippen LogP contribution in [0.15, 0.2) is 12.4 Å². The van der Waals surface area contributed by atoms with Gasteiger partial charge in [0.1, 0.15) is 0 Å².